The van der Waals surface area contributed by atoms with Crippen LogP contribution >= 0.6 is 11.3 Å². The molecule has 3 N–H and O–H groups in total. The zero-order valence-corrected chi connectivity index (χ0v) is 7.90. The molecule has 0 aliphatic rings. The lowest BCUT2D eigenvalue weighted by Crippen LogP contribution is -2.35. The molecule has 1 aromatic rings. The van der Waals surface area contributed by atoms with Gasteiger partial charge in [-0.3, -0.25) is 5.41 Å². The fourth-order valence-electron chi connectivity index (χ4n) is 0.958. The Balaban J connectivity index is 2.54. The Bertz CT molecular complexity index is 243. The number of nitrogens with two attached hydrogens (primary N) is 1. The highest BCUT2D eigenvalue weighted by molar-refractivity contribution is 7.09. The normalized spacial score (nSPS) is 9.75. The average Bonchev–Trinajstić information content (AvgIpc) is 2.51. The van der Waals surface area contributed by atoms with Gasteiger partial charge in [0.25, 0.3) is 0 Å². The first kappa shape index (κ1) is 9.06. The van der Waals surface area contributed by atoms with Crippen LogP contribution in [-0.4, -0.2) is 17.4 Å². The highest BCUT2D eigenvalue weighted by atomic mass is 32.1. The molecular weight excluding hydrogens is 170 g/mol. The van der Waals surface area contributed by atoms with Crippen LogP contribution in [0.2, 0.25) is 0 Å². The van der Waals surface area contributed by atoms with Gasteiger partial charge in [0.2, 0.25) is 0 Å². The van der Waals surface area contributed by atoms with E-state index in [2.05, 4.69) is 6.07 Å². The van der Waals surface area contributed by atoms with Crippen LogP contribution in [0.5, 0.6) is 0 Å². The third-order valence-electron chi connectivity index (χ3n) is 1.65. The van der Waals surface area contributed by atoms with Crippen molar-refractivity contribution in [2.45, 2.75) is 13.5 Å². The number of hydrogen-bond donors (Lipinski definition) is 2. The van der Waals surface area contributed by atoms with Crippen LogP contribution in [0.4, 0.5) is 0 Å². The van der Waals surface area contributed by atoms with Crippen LogP contribution in [0.3, 0.4) is 0 Å². The third-order valence-corrected chi connectivity index (χ3v) is 2.51. The van der Waals surface area contributed by atoms with E-state index in [0.717, 1.165) is 13.1 Å². The fourth-order valence-corrected chi connectivity index (χ4v) is 1.68. The first-order chi connectivity index (χ1) is 5.74. The second-order valence-corrected chi connectivity index (χ2v) is 3.51. The molecule has 1 aromatic heterocycles. The summed E-state index contributed by atoms with van der Waals surface area (Å²) in [5.74, 6) is 0.144. The van der Waals surface area contributed by atoms with Crippen molar-refractivity contribution < 1.29 is 0 Å². The van der Waals surface area contributed by atoms with Crippen LogP contribution in [0, 0.1) is 5.41 Å². The molecule has 3 nitrogen and oxygen atoms in total. The zero-order chi connectivity index (χ0) is 8.97. The number of nitrogens with zero attached hydrogens (tertiary/aromatic N) is 1. The van der Waals surface area contributed by atoms with Gasteiger partial charge in [-0.25, -0.2) is 0 Å². The smallest absolute Gasteiger partial charge is 0.188 e. The van der Waals surface area contributed by atoms with Crippen LogP contribution in [0.15, 0.2) is 17.5 Å². The van der Waals surface area contributed by atoms with E-state index in [4.69, 9.17) is 11.1 Å². The van der Waals surface area contributed by atoms with Crippen molar-refractivity contribution in [2.75, 3.05) is 6.54 Å². The molecule has 0 aliphatic carbocycles. The van der Waals surface area contributed by atoms with Gasteiger partial charge in [-0.05, 0) is 18.4 Å². The highest BCUT2D eigenvalue weighted by Crippen LogP contribution is 2.10. The molecule has 0 saturated carbocycles. The van der Waals surface area contributed by atoms with Crippen molar-refractivity contribution >= 4 is 17.3 Å². The maximum Gasteiger partial charge on any atom is 0.188 e. The maximum absolute atomic E-state index is 7.26. The summed E-state index contributed by atoms with van der Waals surface area (Å²) in [7, 11) is 0. The summed E-state index contributed by atoms with van der Waals surface area (Å²) in [6.45, 7) is 3.53. The van der Waals surface area contributed by atoms with Crippen LogP contribution in [-0.2, 0) is 6.54 Å². The van der Waals surface area contributed by atoms with E-state index in [1.807, 2.05) is 23.3 Å². The predicted octanol–water partition coefficient (Wildman–Crippen LogP) is 1.46. The lowest BCUT2D eigenvalue weighted by atomic mass is 10.4. The Morgan fingerprint density at radius 2 is 2.50 bits per heavy atom. The van der Waals surface area contributed by atoms with Crippen molar-refractivity contribution in [3.63, 3.8) is 0 Å². The van der Waals surface area contributed by atoms with Gasteiger partial charge in [-0.2, -0.15) is 0 Å². The molecule has 0 unspecified atom stereocenters. The van der Waals surface area contributed by atoms with Gasteiger partial charge in [-0.15, -0.1) is 11.3 Å². The summed E-state index contributed by atoms with van der Waals surface area (Å²) in [5, 5.41) is 9.29. The molecule has 1 heterocycles. The van der Waals surface area contributed by atoms with Gasteiger partial charge in [0, 0.05) is 11.4 Å². The van der Waals surface area contributed by atoms with E-state index in [0.29, 0.717) is 0 Å². The molecular formula is C8H13N3S. The molecule has 0 saturated heterocycles. The molecule has 0 spiro atoms. The monoisotopic (exact) mass is 183 g/mol. The summed E-state index contributed by atoms with van der Waals surface area (Å²) in [4.78, 5) is 3.07. The minimum atomic E-state index is 0.144. The SMILES string of the molecule is CCN(Cc1cccs1)C(=N)N. The quantitative estimate of drug-likeness (QED) is 0.550. The van der Waals surface area contributed by atoms with E-state index in [-0.39, 0.29) is 5.96 Å². The van der Waals surface area contributed by atoms with Crippen LogP contribution in [0.1, 0.15) is 11.8 Å². The van der Waals surface area contributed by atoms with Crippen molar-refractivity contribution in [2.24, 2.45) is 5.73 Å². The highest BCUT2D eigenvalue weighted by Gasteiger charge is 2.04. The van der Waals surface area contributed by atoms with Gasteiger partial charge in [0.1, 0.15) is 0 Å². The van der Waals surface area contributed by atoms with Crippen LogP contribution < -0.4 is 5.73 Å². The topological polar surface area (TPSA) is 53.1 Å². The van der Waals surface area contributed by atoms with E-state index >= 15 is 0 Å². The Hall–Kier alpha value is -1.03. The van der Waals surface area contributed by atoms with Crippen molar-refractivity contribution in [3.05, 3.63) is 22.4 Å². The Kier molecular flexibility index (Phi) is 3.10. The summed E-state index contributed by atoms with van der Waals surface area (Å²) in [5.41, 5.74) is 5.38. The van der Waals surface area contributed by atoms with Gasteiger partial charge >= 0.3 is 0 Å². The van der Waals surface area contributed by atoms with Crippen molar-refractivity contribution in [1.29, 1.82) is 5.41 Å². The predicted molar refractivity (Wildman–Crippen MR) is 52.3 cm³/mol. The zero-order valence-electron chi connectivity index (χ0n) is 7.08. The second-order valence-electron chi connectivity index (χ2n) is 2.48. The molecule has 4 heteroatoms. The average molecular weight is 183 g/mol. The molecule has 0 amide bonds. The molecule has 0 fully saturated rings. The number of guanidine groups is 1. The van der Waals surface area contributed by atoms with Crippen LogP contribution in [0.25, 0.3) is 0 Å². The van der Waals surface area contributed by atoms with E-state index < -0.39 is 0 Å². The summed E-state index contributed by atoms with van der Waals surface area (Å²) in [6, 6.07) is 4.06. The molecule has 66 valence electrons. The lowest BCUT2D eigenvalue weighted by molar-refractivity contribution is 0.431. The van der Waals surface area contributed by atoms with E-state index in [9.17, 15) is 0 Å². The summed E-state index contributed by atoms with van der Waals surface area (Å²) >= 11 is 1.69. The Morgan fingerprint density at radius 1 is 1.75 bits per heavy atom. The van der Waals surface area contributed by atoms with Crippen molar-refractivity contribution in [1.82, 2.24) is 4.90 Å². The van der Waals surface area contributed by atoms with Gasteiger partial charge in [-0.1, -0.05) is 6.07 Å². The second kappa shape index (κ2) is 4.11. The number of rotatable bonds is 3. The van der Waals surface area contributed by atoms with Gasteiger partial charge in [0.15, 0.2) is 5.96 Å². The number of hydrogen-bond acceptors (Lipinski definition) is 2. The maximum atomic E-state index is 7.26. The summed E-state index contributed by atoms with van der Waals surface area (Å²) < 4.78 is 0. The summed E-state index contributed by atoms with van der Waals surface area (Å²) in [6.07, 6.45) is 0. The van der Waals surface area contributed by atoms with Gasteiger partial charge < -0.3 is 10.6 Å². The first-order valence-electron chi connectivity index (χ1n) is 3.85. The molecule has 0 bridgehead atoms. The largest absolute Gasteiger partial charge is 0.370 e. The number of thiophene rings is 1. The molecule has 0 atom stereocenters. The fraction of sp³-hybridized carbons (Fsp3) is 0.375. The third kappa shape index (κ3) is 2.23. The van der Waals surface area contributed by atoms with E-state index in [1.54, 1.807) is 11.3 Å². The number of nitrogens with one attached hydrogen (secondary N) is 1. The van der Waals surface area contributed by atoms with Crippen molar-refractivity contribution in [3.8, 4) is 0 Å². The molecule has 0 aliphatic heterocycles. The van der Waals surface area contributed by atoms with Gasteiger partial charge in [0.05, 0.1) is 6.54 Å². The minimum absolute atomic E-state index is 0.144. The van der Waals surface area contributed by atoms with E-state index in [1.165, 1.54) is 4.88 Å². The molecule has 1 rings (SSSR count). The molecule has 0 radical (unpaired) electrons. The standard InChI is InChI=1S/C8H13N3S/c1-2-11(8(9)10)6-7-4-3-5-12-7/h3-5H,2,6H2,1H3,(H3,9,10). The molecule has 0 aromatic carbocycles. The molecule has 12 heavy (non-hydrogen) atoms. The Morgan fingerprint density at radius 3 is 2.92 bits per heavy atom. The Labute approximate surface area is 76.3 Å². The lowest BCUT2D eigenvalue weighted by Gasteiger charge is -2.19. The minimum Gasteiger partial charge on any atom is -0.370 e. The first-order valence-corrected chi connectivity index (χ1v) is 4.73.